The van der Waals surface area contributed by atoms with E-state index in [0.717, 1.165) is 160 Å². The summed E-state index contributed by atoms with van der Waals surface area (Å²) in [6, 6.07) is 48.9. The van der Waals surface area contributed by atoms with Crippen LogP contribution in [-0.2, 0) is 89.7 Å². The molecular weight excluding hydrogens is 2060 g/mol. The molecule has 0 bridgehead atoms. The minimum Gasteiger partial charge on any atom is -0.480 e. The van der Waals surface area contributed by atoms with Gasteiger partial charge in [-0.05, 0) is 182 Å². The van der Waals surface area contributed by atoms with Gasteiger partial charge in [0.1, 0.15) is 53.1 Å². The summed E-state index contributed by atoms with van der Waals surface area (Å²) in [6.45, 7) is 1.63. The van der Waals surface area contributed by atoms with E-state index in [4.69, 9.17) is 104 Å². The van der Waals surface area contributed by atoms with E-state index < -0.39 is 71.7 Å². The molecule has 1 aliphatic heterocycles. The van der Waals surface area contributed by atoms with Crippen molar-refractivity contribution in [3.05, 3.63) is 314 Å². The van der Waals surface area contributed by atoms with Gasteiger partial charge in [0.05, 0.1) is 75.0 Å². The Morgan fingerprint density at radius 2 is 0.703 bits per heavy atom. The summed E-state index contributed by atoms with van der Waals surface area (Å²) in [6.07, 6.45) is 21.3. The number of benzene rings is 8. The van der Waals surface area contributed by atoms with E-state index in [1.165, 1.54) is 48.5 Å². The van der Waals surface area contributed by atoms with Crippen LogP contribution in [0.4, 0.5) is 11.8 Å². The fourth-order valence-electron chi connectivity index (χ4n) is 18.5. The van der Waals surface area contributed by atoms with Crippen molar-refractivity contribution in [3.8, 4) is 6.19 Å². The van der Waals surface area contributed by atoms with E-state index in [1.54, 1.807) is 110 Å². The molecule has 15 rings (SSSR count). The van der Waals surface area contributed by atoms with Crippen LogP contribution in [0.2, 0.25) is 40.2 Å². The summed E-state index contributed by atoms with van der Waals surface area (Å²) >= 11 is 48.6. The summed E-state index contributed by atoms with van der Waals surface area (Å²) in [5.74, 6) is -4.34. The van der Waals surface area contributed by atoms with Gasteiger partial charge < -0.3 is 73.7 Å². The number of carboxylic acids is 4. The number of amides is 4. The molecule has 16 N–H and O–H groups in total. The topological polar surface area (TPSA) is 510 Å². The van der Waals surface area contributed by atoms with Crippen LogP contribution in [-0.4, -0.2) is 179 Å². The second-order valence-electron chi connectivity index (χ2n) is 36.8. The number of aromatic nitrogens is 3. The molecule has 4 fully saturated rings. The summed E-state index contributed by atoms with van der Waals surface area (Å²) < 4.78 is 0. The van der Waals surface area contributed by atoms with Gasteiger partial charge in [0.25, 0.3) is 23.6 Å². The Labute approximate surface area is 895 Å². The number of aliphatic imine (C=N–C) groups is 2. The first kappa shape index (κ1) is 113. The lowest BCUT2D eigenvalue weighted by Gasteiger charge is -2.29. The molecule has 2 aromatic heterocycles. The number of anilines is 2. The average Bonchev–Trinajstić information content (AvgIpc) is 1.28. The van der Waals surface area contributed by atoms with Gasteiger partial charge in [-0.15, -0.1) is 0 Å². The number of pyridine rings is 1. The highest BCUT2D eigenvalue weighted by Gasteiger charge is 2.36. The number of halogens is 8. The third-order valence-electron chi connectivity index (χ3n) is 26.2. The molecule has 4 aliphatic carbocycles. The van der Waals surface area contributed by atoms with Crippen molar-refractivity contribution in [1.82, 2.24) is 52.2 Å². The molecule has 32 nitrogen and oxygen atoms in total. The molecule has 10 aromatic rings. The molecule has 40 heteroatoms. The first-order valence-corrected chi connectivity index (χ1v) is 51.4. The molecule has 0 radical (unpaired) electrons. The Hall–Kier alpha value is -13.5. The maximum Gasteiger partial charge on any atom is 0.326 e. The zero-order valence-corrected chi connectivity index (χ0v) is 86.3. The fraction of sp³-hybridized carbons (Fsp3) is 0.343. The predicted octanol–water partition coefficient (Wildman–Crippen LogP) is 17.2. The Morgan fingerprint density at radius 3 is 1.01 bits per heavy atom. The number of hydrogen-bond acceptors (Lipinski definition) is 21. The number of ketones is 4. The van der Waals surface area contributed by atoms with Crippen LogP contribution < -0.4 is 53.6 Å². The van der Waals surface area contributed by atoms with Gasteiger partial charge in [-0.3, -0.25) is 48.7 Å². The normalized spacial score (nSPS) is 18.5. The lowest BCUT2D eigenvalue weighted by molar-refractivity contribution is -0.140. The number of nitrogens with zero attached hydrogens (tertiary/aromatic N) is 5. The Kier molecular flexibility index (Phi) is 42.9. The predicted molar refractivity (Wildman–Crippen MR) is 569 cm³/mol. The first-order valence-electron chi connectivity index (χ1n) is 48.4. The number of aliphatic carboxylic acids is 4. The Morgan fingerprint density at radius 1 is 0.378 bits per heavy atom. The number of Topliss-reactive ketones (excluding diaryl/α,β-unsaturated/α-hetero) is 4. The number of imidazole rings is 1. The number of rotatable bonds is 38. The van der Waals surface area contributed by atoms with Crippen molar-refractivity contribution in [2.45, 2.75) is 196 Å². The van der Waals surface area contributed by atoms with E-state index >= 15 is 0 Å². The number of carboxylic acid groups (broad SMARTS) is 4. The van der Waals surface area contributed by atoms with Crippen LogP contribution in [0, 0.1) is 35.1 Å². The van der Waals surface area contributed by atoms with E-state index in [9.17, 15) is 78.0 Å². The van der Waals surface area contributed by atoms with Crippen molar-refractivity contribution >= 4 is 187 Å². The number of hydrogen-bond donors (Lipinski definition) is 15. The van der Waals surface area contributed by atoms with Gasteiger partial charge >= 0.3 is 23.9 Å². The van der Waals surface area contributed by atoms with Crippen LogP contribution in [0.5, 0.6) is 0 Å². The fourth-order valence-corrected chi connectivity index (χ4v) is 20.7. The third kappa shape index (κ3) is 34.3. The van der Waals surface area contributed by atoms with Crippen molar-refractivity contribution in [2.75, 3.05) is 23.7 Å². The second-order valence-corrected chi connectivity index (χ2v) is 40.1. The van der Waals surface area contributed by atoms with E-state index in [2.05, 4.69) is 72.8 Å². The number of carbonyl (C=O) groups is 12. The molecule has 3 heterocycles. The van der Waals surface area contributed by atoms with Gasteiger partial charge in [0, 0.05) is 118 Å². The lowest BCUT2D eigenvalue weighted by atomic mass is 9.81. The molecule has 0 unspecified atom stereocenters. The number of H-pyrrole nitrogens is 1. The highest BCUT2D eigenvalue weighted by atomic mass is 35.5. The van der Waals surface area contributed by atoms with Gasteiger partial charge in [0.15, 0.2) is 18.1 Å². The quantitative estimate of drug-likeness (QED) is 0.00739. The van der Waals surface area contributed by atoms with E-state index in [0.29, 0.717) is 31.2 Å². The zero-order valence-electron chi connectivity index (χ0n) is 80.3. The largest absolute Gasteiger partial charge is 0.480 e. The zero-order chi connectivity index (χ0) is 106. The maximum absolute atomic E-state index is 13.0. The van der Waals surface area contributed by atoms with Crippen LogP contribution in [0.25, 0.3) is 0 Å². The molecule has 12 atom stereocenters. The summed E-state index contributed by atoms with van der Waals surface area (Å²) in [4.78, 5) is 170. The molecule has 5 aliphatic rings. The average molecular weight is 2170 g/mol. The van der Waals surface area contributed by atoms with E-state index in [-0.39, 0.29) is 171 Å². The Bertz CT molecular complexity index is 6390. The van der Waals surface area contributed by atoms with Crippen molar-refractivity contribution < 1.29 is 78.0 Å². The molecule has 4 saturated carbocycles. The summed E-state index contributed by atoms with van der Waals surface area (Å²) in [5.41, 5.74) is 12.1. The first-order chi connectivity index (χ1) is 71.1. The monoisotopic (exact) mass is 2170 g/mol. The minimum atomic E-state index is -1.20. The SMILES string of the molecule is N#CNC(N)=N[C@@H]1CCC[C@@H](C(=O)Cc2ccc(C[C@H](NC(=O)c3c(Cl)cccc3Cl)C(=O)O)cc2)C1.O=C(N[C@@H](Cc1ccc(CC(=O)[C@@H]2CCC[C@@H](NC3=NCCN3)C2)cc1)C(=O)O)c1c(Cl)cccc1Cl.O=C(N[C@@H](Cc1ccc(CC(=O)[C@@H]2CCC[C@@H](Nc3ncc[nH]3)C2)cc1)C(=O)O)c1c(Cl)cccc1Cl.O=C(N[C@@H](Cc1ccc(CC(=O)[C@@H]2CC[C@@H](Nc3ccccn3)C2)cc1)C(=O)O)c1c(Cl)cccc1Cl. The maximum atomic E-state index is 13.0. The molecule has 776 valence electrons. The third-order valence-corrected chi connectivity index (χ3v) is 28.7. The molecular formula is C108H112Cl8N16O16. The highest BCUT2D eigenvalue weighted by molar-refractivity contribution is 6.42. The van der Waals surface area contributed by atoms with Crippen LogP contribution >= 0.6 is 92.8 Å². The highest BCUT2D eigenvalue weighted by Crippen LogP contribution is 2.36. The minimum absolute atomic E-state index is 0.00382. The van der Waals surface area contributed by atoms with Gasteiger partial charge in [-0.2, -0.15) is 5.26 Å². The Balaban J connectivity index is 0.000000175. The van der Waals surface area contributed by atoms with Crippen LogP contribution in [0.15, 0.2) is 217 Å². The number of carbonyl (C=O) groups excluding carboxylic acids is 8. The van der Waals surface area contributed by atoms with E-state index in [1.807, 2.05) is 54.6 Å². The summed E-state index contributed by atoms with van der Waals surface area (Å²) in [5, 5.41) is 74.0. The number of guanidine groups is 2. The molecule has 148 heavy (non-hydrogen) atoms. The number of aromatic amines is 1. The van der Waals surface area contributed by atoms with Crippen molar-refractivity contribution in [1.29, 1.82) is 5.26 Å². The van der Waals surface area contributed by atoms with Crippen molar-refractivity contribution in [2.24, 2.45) is 39.4 Å². The van der Waals surface area contributed by atoms with Gasteiger partial charge in [-0.25, -0.2) is 34.1 Å². The van der Waals surface area contributed by atoms with Crippen LogP contribution in [0.1, 0.15) is 182 Å². The summed E-state index contributed by atoms with van der Waals surface area (Å²) in [7, 11) is 0. The standard InChI is InChI=1S/C28H27Cl2N3O4.C27H30Cl2N4O4.C27H28Cl2N4O4.C26H27Cl2N5O4/c29-21-4-3-5-22(30)26(21)27(35)33-23(28(36)37)14-17-7-9-18(10-8-17)15-24(34)19-11-12-20(16-19)32-25-6-1-2-13-31-25;2*28-20-5-2-6-21(29)24(20)25(35)33-22(26(36)37)13-16-7-9-17(10-8-16)14-23(34)18-3-1-4-19(15-18)32-27-30-11-12-31-27;27-19-5-2-6-20(28)23(19)24(35)33-21(25(36)37)11-15-7-9-16(10-8-15)12-22(34)17-3-1-4-18(13-17)32-26(30)31-14-29/h1-10,13,19-20,23H,11-12,14-16H2,(H,31,32)(H,33,35)(H,36,37);2,5-10,18-19,22H,1,3-4,11-15H2,(H,33,35)(H,36,37)(H2,30,31,32);2,5-12,18-19,22H,1,3-4,13-15H2,(H,33,35)(H,36,37)(H2,30,31,32);2,5-10,17-18,21H,1,3-4,11-13H2,(H,33,35)(H,36,37)(H3,30,31,32)/t19-,20-,23+;2*18-,19-,22+;17-,18-,21+/m1111/s1. The molecule has 4 amide bonds. The smallest absolute Gasteiger partial charge is 0.326 e. The molecule has 8 aromatic carbocycles. The number of nitriles is 1. The molecule has 0 spiro atoms. The lowest BCUT2D eigenvalue weighted by Crippen LogP contribution is -2.44. The molecule has 0 saturated heterocycles. The number of nitrogens with one attached hydrogen (secondary N) is 10. The number of nitrogens with two attached hydrogens (primary N) is 1. The van der Waals surface area contributed by atoms with Gasteiger partial charge in [-0.1, -0.05) is 239 Å². The van der Waals surface area contributed by atoms with Gasteiger partial charge in [0.2, 0.25) is 5.96 Å². The second kappa shape index (κ2) is 56.1. The van der Waals surface area contributed by atoms with Crippen molar-refractivity contribution in [3.63, 3.8) is 0 Å². The van der Waals surface area contributed by atoms with Crippen LogP contribution in [0.3, 0.4) is 0 Å².